The molecule has 1 unspecified atom stereocenters. The van der Waals surface area contributed by atoms with Gasteiger partial charge in [-0.2, -0.15) is 0 Å². The zero-order chi connectivity index (χ0) is 21.6. The van der Waals surface area contributed by atoms with Crippen LogP contribution in [-0.4, -0.2) is 27.3 Å². The van der Waals surface area contributed by atoms with E-state index in [0.717, 1.165) is 5.69 Å². The molecule has 1 aliphatic heterocycles. The second-order valence-electron chi connectivity index (χ2n) is 7.59. The Morgan fingerprint density at radius 1 is 1.03 bits per heavy atom. The second kappa shape index (κ2) is 7.30. The molecule has 1 aliphatic rings. The minimum Gasteiger partial charge on any atom is -0.506 e. The molecule has 1 amide bonds. The summed E-state index contributed by atoms with van der Waals surface area (Å²) in [4.78, 5) is 32.2. The topological polar surface area (TPSA) is 74.9 Å². The van der Waals surface area contributed by atoms with Crippen LogP contribution in [0.1, 0.15) is 19.4 Å². The molecular formula is C24H23N3O3. The third-order valence-corrected chi connectivity index (χ3v) is 5.85. The number of aliphatic imine (C=N–C) groups is 1. The quantitative estimate of drug-likeness (QED) is 0.727. The fraction of sp³-hybridized carbons (Fsp3) is 0.208. The molecular weight excluding hydrogens is 378 g/mol. The molecule has 2 atom stereocenters. The lowest BCUT2D eigenvalue weighted by atomic mass is 10.0. The van der Waals surface area contributed by atoms with Gasteiger partial charge in [0.1, 0.15) is 17.0 Å². The maximum atomic E-state index is 13.2. The number of hydrogen-bond acceptors (Lipinski definition) is 4. The lowest BCUT2D eigenvalue weighted by Crippen LogP contribution is -2.32. The third kappa shape index (κ3) is 2.92. The summed E-state index contributed by atoms with van der Waals surface area (Å²) < 4.78 is 1.45. The second-order valence-corrected chi connectivity index (χ2v) is 7.59. The van der Waals surface area contributed by atoms with Crippen LogP contribution in [0.25, 0.3) is 16.6 Å². The standard InChI is InChI=1S/C24H23N3O3/c1-14-16(3)27(17-10-6-5-7-11-17)24(30)21(14)25-15(2)20-22(28)18-12-8-9-13-19(18)26(4)23(20)29/h5-14,16,28H,2H2,1,3-4H3/t14?,16-/m1/s1. The lowest BCUT2D eigenvalue weighted by molar-refractivity contribution is -0.112. The summed E-state index contributed by atoms with van der Waals surface area (Å²) in [6, 6.07) is 16.4. The number of rotatable bonds is 3. The van der Waals surface area contributed by atoms with Crippen molar-refractivity contribution in [3.05, 3.63) is 77.1 Å². The zero-order valence-corrected chi connectivity index (χ0v) is 17.2. The molecule has 2 heterocycles. The molecule has 0 radical (unpaired) electrons. The van der Waals surface area contributed by atoms with Crippen LogP contribution in [0.15, 0.2) is 71.0 Å². The number of nitrogens with zero attached hydrogens (tertiary/aromatic N) is 3. The van der Waals surface area contributed by atoms with Crippen molar-refractivity contribution >= 4 is 33.9 Å². The summed E-state index contributed by atoms with van der Waals surface area (Å²) in [7, 11) is 1.64. The first-order chi connectivity index (χ1) is 14.3. The monoisotopic (exact) mass is 401 g/mol. The maximum absolute atomic E-state index is 13.2. The normalized spacial score (nSPS) is 20.3. The van der Waals surface area contributed by atoms with E-state index in [-0.39, 0.29) is 34.9 Å². The average Bonchev–Trinajstić information content (AvgIpc) is 2.96. The molecule has 0 saturated carbocycles. The fourth-order valence-electron chi connectivity index (χ4n) is 3.99. The highest BCUT2D eigenvalue weighted by molar-refractivity contribution is 6.47. The van der Waals surface area contributed by atoms with Crippen LogP contribution in [0.3, 0.4) is 0 Å². The average molecular weight is 401 g/mol. The predicted octanol–water partition coefficient (Wildman–Crippen LogP) is 3.73. The molecule has 30 heavy (non-hydrogen) atoms. The number of pyridine rings is 1. The molecule has 4 rings (SSSR count). The highest BCUT2D eigenvalue weighted by Gasteiger charge is 2.41. The molecule has 0 aliphatic carbocycles. The Bertz CT molecular complexity index is 1260. The number of aryl methyl sites for hydroxylation is 1. The first kappa shape index (κ1) is 19.6. The fourth-order valence-corrected chi connectivity index (χ4v) is 3.99. The van der Waals surface area contributed by atoms with Crippen LogP contribution in [0.4, 0.5) is 5.69 Å². The van der Waals surface area contributed by atoms with Gasteiger partial charge in [0.25, 0.3) is 11.5 Å². The lowest BCUT2D eigenvalue weighted by Gasteiger charge is -2.22. The summed E-state index contributed by atoms with van der Waals surface area (Å²) >= 11 is 0. The van der Waals surface area contributed by atoms with Crippen molar-refractivity contribution in [1.82, 2.24) is 4.57 Å². The molecule has 6 heteroatoms. The van der Waals surface area contributed by atoms with E-state index in [0.29, 0.717) is 16.6 Å². The highest BCUT2D eigenvalue weighted by atomic mass is 16.3. The molecule has 6 nitrogen and oxygen atoms in total. The van der Waals surface area contributed by atoms with E-state index in [1.807, 2.05) is 44.2 Å². The molecule has 1 fully saturated rings. The molecule has 1 aromatic heterocycles. The van der Waals surface area contributed by atoms with Gasteiger partial charge >= 0.3 is 0 Å². The molecule has 0 bridgehead atoms. The Kier molecular flexibility index (Phi) is 4.78. The number of amides is 1. The summed E-state index contributed by atoms with van der Waals surface area (Å²) in [5.74, 6) is -0.561. The number of anilines is 1. The molecule has 0 spiro atoms. The van der Waals surface area contributed by atoms with Crippen molar-refractivity contribution in [2.75, 3.05) is 4.90 Å². The maximum Gasteiger partial charge on any atom is 0.273 e. The SMILES string of the molecule is C=C(N=C1C(=O)N(c2ccccc2)[C@H](C)C1C)c1c(O)c2ccccc2n(C)c1=O. The summed E-state index contributed by atoms with van der Waals surface area (Å²) in [5, 5.41) is 11.3. The van der Waals surface area contributed by atoms with Gasteiger partial charge in [0.05, 0.1) is 11.2 Å². The summed E-state index contributed by atoms with van der Waals surface area (Å²) in [6.45, 7) is 7.81. The van der Waals surface area contributed by atoms with Crippen molar-refractivity contribution in [1.29, 1.82) is 0 Å². The minimum atomic E-state index is -0.411. The molecule has 1 saturated heterocycles. The van der Waals surface area contributed by atoms with E-state index in [1.165, 1.54) is 4.57 Å². The van der Waals surface area contributed by atoms with Crippen molar-refractivity contribution in [2.45, 2.75) is 19.9 Å². The Balaban J connectivity index is 1.80. The largest absolute Gasteiger partial charge is 0.506 e. The summed E-state index contributed by atoms with van der Waals surface area (Å²) in [5.41, 5.74) is 1.41. The van der Waals surface area contributed by atoms with E-state index in [4.69, 9.17) is 0 Å². The van der Waals surface area contributed by atoms with Gasteiger partial charge in [-0.25, -0.2) is 4.99 Å². The first-order valence-corrected chi connectivity index (χ1v) is 9.80. The van der Waals surface area contributed by atoms with Crippen LogP contribution in [-0.2, 0) is 11.8 Å². The van der Waals surface area contributed by atoms with Crippen molar-refractivity contribution in [2.24, 2.45) is 18.0 Å². The van der Waals surface area contributed by atoms with Crippen LogP contribution >= 0.6 is 0 Å². The number of carbonyl (C=O) groups excluding carboxylic acids is 1. The number of carbonyl (C=O) groups is 1. The van der Waals surface area contributed by atoms with E-state index < -0.39 is 5.56 Å². The predicted molar refractivity (Wildman–Crippen MR) is 120 cm³/mol. The Labute approximate surface area is 174 Å². The Morgan fingerprint density at radius 2 is 1.67 bits per heavy atom. The number of aromatic nitrogens is 1. The van der Waals surface area contributed by atoms with Gasteiger partial charge in [0, 0.05) is 30.1 Å². The smallest absolute Gasteiger partial charge is 0.273 e. The van der Waals surface area contributed by atoms with Crippen LogP contribution < -0.4 is 10.5 Å². The third-order valence-electron chi connectivity index (χ3n) is 5.85. The summed E-state index contributed by atoms with van der Waals surface area (Å²) in [6.07, 6.45) is 0. The molecule has 2 aromatic carbocycles. The highest BCUT2D eigenvalue weighted by Crippen LogP contribution is 2.33. The van der Waals surface area contributed by atoms with E-state index >= 15 is 0 Å². The van der Waals surface area contributed by atoms with Gasteiger partial charge in [0.15, 0.2) is 0 Å². The minimum absolute atomic E-state index is 0.00881. The Hall–Kier alpha value is -3.67. The van der Waals surface area contributed by atoms with Crippen LogP contribution in [0.5, 0.6) is 5.75 Å². The van der Waals surface area contributed by atoms with E-state index in [9.17, 15) is 14.7 Å². The number of benzene rings is 2. The molecule has 152 valence electrons. The van der Waals surface area contributed by atoms with Gasteiger partial charge in [-0.05, 0) is 31.2 Å². The van der Waals surface area contributed by atoms with Crippen molar-refractivity contribution in [3.63, 3.8) is 0 Å². The Morgan fingerprint density at radius 3 is 2.37 bits per heavy atom. The number of para-hydroxylation sites is 2. The van der Waals surface area contributed by atoms with Crippen LogP contribution in [0, 0.1) is 5.92 Å². The number of hydrogen-bond donors (Lipinski definition) is 1. The van der Waals surface area contributed by atoms with Gasteiger partial charge in [0.2, 0.25) is 0 Å². The van der Waals surface area contributed by atoms with Crippen molar-refractivity contribution in [3.8, 4) is 5.75 Å². The van der Waals surface area contributed by atoms with E-state index in [1.54, 1.807) is 36.2 Å². The van der Waals surface area contributed by atoms with Gasteiger partial charge in [-0.3, -0.25) is 9.59 Å². The van der Waals surface area contributed by atoms with Gasteiger partial charge in [-0.15, -0.1) is 0 Å². The van der Waals surface area contributed by atoms with Gasteiger partial charge < -0.3 is 14.6 Å². The number of aromatic hydroxyl groups is 1. The zero-order valence-electron chi connectivity index (χ0n) is 17.2. The molecule has 3 aromatic rings. The number of fused-ring (bicyclic) bond motifs is 1. The molecule has 1 N–H and O–H groups in total. The van der Waals surface area contributed by atoms with Crippen LogP contribution in [0.2, 0.25) is 0 Å². The first-order valence-electron chi connectivity index (χ1n) is 9.80. The van der Waals surface area contributed by atoms with Crippen molar-refractivity contribution < 1.29 is 9.90 Å². The van der Waals surface area contributed by atoms with Gasteiger partial charge in [-0.1, -0.05) is 43.8 Å². The van der Waals surface area contributed by atoms with E-state index in [2.05, 4.69) is 11.6 Å².